The summed E-state index contributed by atoms with van der Waals surface area (Å²) in [6.07, 6.45) is 1.65. The van der Waals surface area contributed by atoms with Crippen LogP contribution in [0.5, 0.6) is 0 Å². The molecule has 3 aromatic rings. The van der Waals surface area contributed by atoms with E-state index in [1.54, 1.807) is 6.07 Å². The predicted octanol–water partition coefficient (Wildman–Crippen LogP) is 4.05. The molecule has 0 saturated carbocycles. The Labute approximate surface area is 160 Å². The molecule has 1 unspecified atom stereocenters. The zero-order valence-corrected chi connectivity index (χ0v) is 14.9. The molecule has 1 atom stereocenters. The van der Waals surface area contributed by atoms with Crippen molar-refractivity contribution in [1.29, 1.82) is 0 Å². The van der Waals surface area contributed by atoms with E-state index in [0.717, 1.165) is 11.6 Å². The van der Waals surface area contributed by atoms with Gasteiger partial charge in [-0.05, 0) is 35.9 Å². The second-order valence-corrected chi connectivity index (χ2v) is 6.22. The van der Waals surface area contributed by atoms with Gasteiger partial charge < -0.3 is 15.1 Å². The Balaban J connectivity index is 1.77. The Hall–Kier alpha value is -3.12. The molecule has 7 heteroatoms. The maximum absolute atomic E-state index is 13.3. The van der Waals surface area contributed by atoms with Crippen molar-refractivity contribution in [2.45, 2.75) is 12.5 Å². The lowest BCUT2D eigenvalue weighted by molar-refractivity contribution is -0.118. The van der Waals surface area contributed by atoms with E-state index in [9.17, 15) is 14.0 Å². The van der Waals surface area contributed by atoms with Crippen LogP contribution in [-0.4, -0.2) is 17.9 Å². The second kappa shape index (κ2) is 8.51. The first-order valence-electron chi connectivity index (χ1n) is 8.17. The first-order chi connectivity index (χ1) is 13.0. The van der Waals surface area contributed by atoms with E-state index in [1.165, 1.54) is 24.5 Å². The van der Waals surface area contributed by atoms with E-state index in [0.29, 0.717) is 5.69 Å². The van der Waals surface area contributed by atoms with E-state index < -0.39 is 23.7 Å². The fraction of sp³-hybridized carbons (Fsp3) is 0.100. The van der Waals surface area contributed by atoms with Gasteiger partial charge in [0.25, 0.3) is 5.91 Å². The van der Waals surface area contributed by atoms with Crippen molar-refractivity contribution in [2.24, 2.45) is 0 Å². The average molecular weight is 387 g/mol. The fourth-order valence-electron chi connectivity index (χ4n) is 2.50. The lowest BCUT2D eigenvalue weighted by atomic mass is 10.0. The monoisotopic (exact) mass is 386 g/mol. The molecule has 27 heavy (non-hydrogen) atoms. The Bertz CT molecular complexity index is 930. The molecule has 2 N–H and O–H groups in total. The van der Waals surface area contributed by atoms with Gasteiger partial charge in [-0.1, -0.05) is 41.9 Å². The summed E-state index contributed by atoms with van der Waals surface area (Å²) in [5.41, 5.74) is 1.20. The van der Waals surface area contributed by atoms with Gasteiger partial charge >= 0.3 is 0 Å². The molecule has 0 radical (unpaired) electrons. The molecule has 0 fully saturated rings. The van der Waals surface area contributed by atoms with Gasteiger partial charge in [-0.2, -0.15) is 0 Å². The number of halogens is 2. The molecule has 2 aromatic carbocycles. The number of nitrogens with one attached hydrogen (secondary N) is 2. The van der Waals surface area contributed by atoms with Crippen molar-refractivity contribution in [3.63, 3.8) is 0 Å². The topological polar surface area (TPSA) is 71.3 Å². The molecule has 1 aromatic heterocycles. The molecule has 0 aliphatic heterocycles. The van der Waals surface area contributed by atoms with Crippen molar-refractivity contribution in [2.75, 3.05) is 5.32 Å². The van der Waals surface area contributed by atoms with Crippen LogP contribution in [0.2, 0.25) is 5.02 Å². The molecular weight excluding hydrogens is 371 g/mol. The maximum Gasteiger partial charge on any atom is 0.287 e. The zero-order valence-electron chi connectivity index (χ0n) is 14.1. The highest BCUT2D eigenvalue weighted by Crippen LogP contribution is 2.19. The molecule has 3 rings (SSSR count). The van der Waals surface area contributed by atoms with Gasteiger partial charge in [-0.15, -0.1) is 0 Å². The summed E-state index contributed by atoms with van der Waals surface area (Å²) in [6.45, 7) is 0. The van der Waals surface area contributed by atoms with Gasteiger partial charge in [0, 0.05) is 12.1 Å². The van der Waals surface area contributed by atoms with Gasteiger partial charge in [0.05, 0.1) is 11.3 Å². The lowest BCUT2D eigenvalue weighted by Crippen LogP contribution is -2.45. The molecule has 0 spiro atoms. The third kappa shape index (κ3) is 4.95. The molecule has 0 saturated heterocycles. The van der Waals surface area contributed by atoms with E-state index in [2.05, 4.69) is 10.6 Å². The zero-order chi connectivity index (χ0) is 19.2. The molecule has 0 bridgehead atoms. The molecule has 0 aliphatic carbocycles. The summed E-state index contributed by atoms with van der Waals surface area (Å²) in [6, 6.07) is 15.4. The van der Waals surface area contributed by atoms with Gasteiger partial charge in [-0.3, -0.25) is 9.59 Å². The van der Waals surface area contributed by atoms with Crippen LogP contribution in [0.15, 0.2) is 71.3 Å². The van der Waals surface area contributed by atoms with Crippen molar-refractivity contribution in [3.05, 3.63) is 89.1 Å². The minimum atomic E-state index is -0.867. The summed E-state index contributed by atoms with van der Waals surface area (Å²) in [5, 5.41) is 5.20. The Morgan fingerprint density at radius 3 is 2.52 bits per heavy atom. The van der Waals surface area contributed by atoms with Crippen molar-refractivity contribution in [3.8, 4) is 0 Å². The summed E-state index contributed by atoms with van der Waals surface area (Å²) < 4.78 is 18.4. The number of carbonyl (C=O) groups excluding carboxylic acids is 2. The van der Waals surface area contributed by atoms with Gasteiger partial charge in [-0.25, -0.2) is 4.39 Å². The van der Waals surface area contributed by atoms with Crippen LogP contribution in [0, 0.1) is 5.82 Å². The van der Waals surface area contributed by atoms with Crippen LogP contribution in [0.3, 0.4) is 0 Å². The van der Waals surface area contributed by atoms with Gasteiger partial charge in [0.15, 0.2) is 5.76 Å². The van der Waals surface area contributed by atoms with Crippen LogP contribution >= 0.6 is 11.6 Å². The Morgan fingerprint density at radius 1 is 1.07 bits per heavy atom. The molecule has 2 amide bonds. The van der Waals surface area contributed by atoms with E-state index in [-0.39, 0.29) is 17.2 Å². The number of rotatable bonds is 6. The molecule has 5 nitrogen and oxygen atoms in total. The summed E-state index contributed by atoms with van der Waals surface area (Å²) in [5.74, 6) is -1.44. The lowest BCUT2D eigenvalue weighted by Gasteiger charge is -2.18. The number of hydrogen-bond acceptors (Lipinski definition) is 3. The number of hydrogen-bond donors (Lipinski definition) is 2. The Morgan fingerprint density at radius 2 is 1.85 bits per heavy atom. The van der Waals surface area contributed by atoms with Crippen molar-refractivity contribution in [1.82, 2.24) is 5.32 Å². The van der Waals surface area contributed by atoms with Crippen molar-refractivity contribution < 1.29 is 18.4 Å². The highest BCUT2D eigenvalue weighted by Gasteiger charge is 2.23. The minimum absolute atomic E-state index is 0.102. The maximum atomic E-state index is 13.3. The minimum Gasteiger partial charge on any atom is -0.459 e. The van der Waals surface area contributed by atoms with Gasteiger partial charge in [0.1, 0.15) is 11.9 Å². The summed E-state index contributed by atoms with van der Waals surface area (Å²) in [4.78, 5) is 25.0. The molecular formula is C20H16ClFN2O3. The van der Waals surface area contributed by atoms with Gasteiger partial charge in [0.2, 0.25) is 5.91 Å². The Kier molecular flexibility index (Phi) is 5.88. The first-order valence-corrected chi connectivity index (χ1v) is 8.55. The number of furan rings is 1. The molecule has 138 valence electrons. The highest BCUT2D eigenvalue weighted by atomic mass is 35.5. The van der Waals surface area contributed by atoms with Crippen molar-refractivity contribution >= 4 is 29.1 Å². The van der Waals surface area contributed by atoms with Crippen LogP contribution in [0.25, 0.3) is 0 Å². The standard InChI is InChI=1S/C20H16ClFN2O3/c21-15-12-14(8-9-16(15)22)23-19(25)17(11-13-5-2-1-3-6-13)24-20(26)18-7-4-10-27-18/h1-10,12,17H,11H2,(H,23,25)(H,24,26). The normalized spacial score (nSPS) is 11.6. The van der Waals surface area contributed by atoms with Crippen LogP contribution in [0.1, 0.15) is 16.1 Å². The highest BCUT2D eigenvalue weighted by molar-refractivity contribution is 6.31. The largest absolute Gasteiger partial charge is 0.459 e. The second-order valence-electron chi connectivity index (χ2n) is 5.81. The molecule has 1 heterocycles. The third-order valence-corrected chi connectivity index (χ3v) is 4.13. The average Bonchev–Trinajstić information content (AvgIpc) is 3.20. The summed E-state index contributed by atoms with van der Waals surface area (Å²) in [7, 11) is 0. The number of anilines is 1. The van der Waals surface area contributed by atoms with Crippen LogP contribution in [-0.2, 0) is 11.2 Å². The van der Waals surface area contributed by atoms with Crippen LogP contribution in [0.4, 0.5) is 10.1 Å². The predicted molar refractivity (Wildman–Crippen MR) is 100 cm³/mol. The fourth-order valence-corrected chi connectivity index (χ4v) is 2.68. The molecule has 0 aliphatic rings. The summed E-state index contributed by atoms with van der Waals surface area (Å²) >= 11 is 5.75. The van der Waals surface area contributed by atoms with Crippen LogP contribution < -0.4 is 10.6 Å². The number of amides is 2. The smallest absolute Gasteiger partial charge is 0.287 e. The van der Waals surface area contributed by atoms with E-state index in [1.807, 2.05) is 30.3 Å². The SMILES string of the molecule is O=C(NC(Cc1ccccc1)C(=O)Nc1ccc(F)c(Cl)c1)c1ccco1. The third-order valence-electron chi connectivity index (χ3n) is 3.84. The number of carbonyl (C=O) groups is 2. The van der Waals surface area contributed by atoms with E-state index >= 15 is 0 Å². The number of benzene rings is 2. The quantitative estimate of drug-likeness (QED) is 0.671. The first kappa shape index (κ1) is 18.7. The van der Waals surface area contributed by atoms with E-state index in [4.69, 9.17) is 16.0 Å².